The number of benzene rings is 1. The molecular weight excluding hydrogens is 338 g/mol. The van der Waals surface area contributed by atoms with Crippen molar-refractivity contribution in [2.75, 3.05) is 13.2 Å². The van der Waals surface area contributed by atoms with E-state index in [1.54, 1.807) is 6.07 Å². The lowest BCUT2D eigenvalue weighted by molar-refractivity contribution is -0.757. The lowest BCUT2D eigenvalue weighted by Crippen LogP contribution is -2.15. The molecule has 1 aromatic carbocycles. The second-order valence-corrected chi connectivity index (χ2v) is 4.81. The van der Waals surface area contributed by atoms with Crippen LogP contribution < -0.4 is 4.74 Å². The van der Waals surface area contributed by atoms with Crippen molar-refractivity contribution in [3.8, 4) is 5.75 Å². The number of hydrogen-bond donors (Lipinski definition) is 1. The van der Waals surface area contributed by atoms with Crippen molar-refractivity contribution in [3.63, 3.8) is 0 Å². The van der Waals surface area contributed by atoms with Gasteiger partial charge in [-0.2, -0.15) is 0 Å². The number of nitrogens with zero attached hydrogens (tertiary/aromatic N) is 1. The highest BCUT2D eigenvalue weighted by atomic mass is 16.9. The Morgan fingerprint density at radius 3 is 2.52 bits per heavy atom. The summed E-state index contributed by atoms with van der Waals surface area (Å²) in [5.41, 5.74) is -0.0588. The fourth-order valence-electron chi connectivity index (χ4n) is 1.79. The van der Waals surface area contributed by atoms with E-state index in [0.29, 0.717) is 19.3 Å². The van der Waals surface area contributed by atoms with Gasteiger partial charge in [0.25, 0.3) is 5.09 Å². The number of esters is 2. The first kappa shape index (κ1) is 19.9. The molecule has 0 aliphatic carbocycles. The second kappa shape index (κ2) is 10.6. The number of aliphatic carboxylic acids is 1. The Morgan fingerprint density at radius 2 is 1.84 bits per heavy atom. The van der Waals surface area contributed by atoms with E-state index < -0.39 is 29.6 Å². The molecule has 0 unspecified atom stereocenters. The summed E-state index contributed by atoms with van der Waals surface area (Å²) in [5, 5.41) is 17.6. The third-order valence-electron chi connectivity index (χ3n) is 2.88. The van der Waals surface area contributed by atoms with Crippen LogP contribution in [-0.4, -0.2) is 41.3 Å². The summed E-state index contributed by atoms with van der Waals surface area (Å²) in [6, 6.07) is 5.80. The van der Waals surface area contributed by atoms with Crippen LogP contribution in [0.15, 0.2) is 24.3 Å². The van der Waals surface area contributed by atoms with Crippen LogP contribution in [-0.2, 0) is 19.2 Å². The molecule has 1 N–H and O–H groups in total. The summed E-state index contributed by atoms with van der Waals surface area (Å²) >= 11 is 0. The van der Waals surface area contributed by atoms with Crippen LogP contribution >= 0.6 is 0 Å². The SMILES string of the molecule is O=C(O)COC(=O)c1ccccc1OC(=O)CCCCCO[N+](=O)[O-]. The quantitative estimate of drug-likeness (QED) is 0.206. The first-order valence-electron chi connectivity index (χ1n) is 7.36. The summed E-state index contributed by atoms with van der Waals surface area (Å²) in [7, 11) is 0. The zero-order chi connectivity index (χ0) is 18.7. The number of para-hydroxylation sites is 1. The summed E-state index contributed by atoms with van der Waals surface area (Å²) in [6.45, 7) is -0.840. The van der Waals surface area contributed by atoms with Crippen LogP contribution in [0.1, 0.15) is 36.0 Å². The zero-order valence-corrected chi connectivity index (χ0v) is 13.2. The highest BCUT2D eigenvalue weighted by molar-refractivity contribution is 5.94. The average molecular weight is 355 g/mol. The van der Waals surface area contributed by atoms with Crippen LogP contribution in [0, 0.1) is 10.1 Å². The van der Waals surface area contributed by atoms with Crippen molar-refractivity contribution < 1.29 is 38.9 Å². The maximum Gasteiger partial charge on any atom is 0.342 e. The molecule has 0 aromatic heterocycles. The first-order valence-corrected chi connectivity index (χ1v) is 7.36. The van der Waals surface area contributed by atoms with Crippen LogP contribution in [0.4, 0.5) is 0 Å². The summed E-state index contributed by atoms with van der Waals surface area (Å²) in [5.74, 6) is -2.83. The van der Waals surface area contributed by atoms with Gasteiger partial charge < -0.3 is 19.4 Å². The summed E-state index contributed by atoms with van der Waals surface area (Å²) in [4.78, 5) is 48.1. The highest BCUT2D eigenvalue weighted by Crippen LogP contribution is 2.20. The monoisotopic (exact) mass is 355 g/mol. The Labute approximate surface area is 142 Å². The average Bonchev–Trinajstić information content (AvgIpc) is 2.56. The number of unbranched alkanes of at least 4 members (excludes halogenated alkanes) is 2. The Morgan fingerprint density at radius 1 is 1.12 bits per heavy atom. The highest BCUT2D eigenvalue weighted by Gasteiger charge is 2.17. The molecule has 0 saturated heterocycles. The number of hydrogen-bond acceptors (Lipinski definition) is 8. The van der Waals surface area contributed by atoms with Gasteiger partial charge in [0.2, 0.25) is 0 Å². The predicted octanol–water partition coefficient (Wildman–Crippen LogP) is 1.60. The molecule has 0 fully saturated rings. The lowest BCUT2D eigenvalue weighted by atomic mass is 10.2. The molecule has 1 aromatic rings. The molecule has 0 radical (unpaired) electrons. The minimum Gasteiger partial charge on any atom is -0.479 e. The Bertz CT molecular complexity index is 629. The van der Waals surface area contributed by atoms with Crippen molar-refractivity contribution in [3.05, 3.63) is 39.9 Å². The van der Waals surface area contributed by atoms with E-state index in [-0.39, 0.29) is 24.3 Å². The van der Waals surface area contributed by atoms with Gasteiger partial charge in [0, 0.05) is 6.42 Å². The molecule has 0 saturated carbocycles. The third kappa shape index (κ3) is 8.30. The van der Waals surface area contributed by atoms with Crippen LogP contribution in [0.3, 0.4) is 0 Å². The number of carboxylic acid groups (broad SMARTS) is 1. The summed E-state index contributed by atoms with van der Waals surface area (Å²) in [6.07, 6.45) is 1.44. The molecule has 0 aliphatic heterocycles. The van der Waals surface area contributed by atoms with Crippen molar-refractivity contribution in [2.45, 2.75) is 25.7 Å². The van der Waals surface area contributed by atoms with Gasteiger partial charge >= 0.3 is 17.9 Å². The molecule has 10 nitrogen and oxygen atoms in total. The number of carbonyl (C=O) groups excluding carboxylic acids is 2. The number of rotatable bonds is 11. The van der Waals surface area contributed by atoms with Crippen molar-refractivity contribution in [2.24, 2.45) is 0 Å². The van der Waals surface area contributed by atoms with Gasteiger partial charge in [-0.25, -0.2) is 9.59 Å². The van der Waals surface area contributed by atoms with E-state index in [1.807, 2.05) is 0 Å². The standard InChI is InChI=1S/C15H17NO9/c17-13(18)10-23-15(20)11-6-3-4-7-12(11)25-14(19)8-2-1-5-9-24-16(21)22/h3-4,6-7H,1-2,5,8-10H2,(H,17,18). The van der Waals surface area contributed by atoms with Gasteiger partial charge in [0.05, 0.1) is 6.61 Å². The molecule has 25 heavy (non-hydrogen) atoms. The van der Waals surface area contributed by atoms with Gasteiger partial charge in [0.1, 0.15) is 11.3 Å². The van der Waals surface area contributed by atoms with E-state index in [2.05, 4.69) is 9.57 Å². The number of carbonyl (C=O) groups is 3. The molecule has 1 rings (SSSR count). The molecule has 0 spiro atoms. The van der Waals surface area contributed by atoms with Gasteiger partial charge in [-0.3, -0.25) is 4.79 Å². The fourth-order valence-corrected chi connectivity index (χ4v) is 1.79. The number of carboxylic acids is 1. The fraction of sp³-hybridized carbons (Fsp3) is 0.400. The molecule has 0 aliphatic rings. The van der Waals surface area contributed by atoms with Gasteiger partial charge in [-0.1, -0.05) is 18.6 Å². The van der Waals surface area contributed by atoms with Gasteiger partial charge in [-0.05, 0) is 25.0 Å². The second-order valence-electron chi connectivity index (χ2n) is 4.81. The molecule has 0 amide bonds. The van der Waals surface area contributed by atoms with E-state index >= 15 is 0 Å². The largest absolute Gasteiger partial charge is 0.479 e. The van der Waals surface area contributed by atoms with E-state index in [1.165, 1.54) is 18.2 Å². The minimum absolute atomic E-state index is 0.0282. The molecule has 10 heteroatoms. The topological polar surface area (TPSA) is 142 Å². The molecule has 136 valence electrons. The normalized spacial score (nSPS) is 9.92. The van der Waals surface area contributed by atoms with Crippen molar-refractivity contribution >= 4 is 17.9 Å². The van der Waals surface area contributed by atoms with Crippen LogP contribution in [0.2, 0.25) is 0 Å². The number of ether oxygens (including phenoxy) is 2. The third-order valence-corrected chi connectivity index (χ3v) is 2.88. The molecule has 0 atom stereocenters. The zero-order valence-electron chi connectivity index (χ0n) is 13.2. The maximum atomic E-state index is 11.8. The van der Waals surface area contributed by atoms with Gasteiger partial charge in [-0.15, -0.1) is 10.1 Å². The maximum absolute atomic E-state index is 11.8. The Kier molecular flexibility index (Phi) is 8.41. The van der Waals surface area contributed by atoms with Crippen molar-refractivity contribution in [1.29, 1.82) is 0 Å². The Balaban J connectivity index is 2.45. The smallest absolute Gasteiger partial charge is 0.342 e. The van der Waals surface area contributed by atoms with E-state index in [0.717, 1.165) is 0 Å². The molecular formula is C15H17NO9. The lowest BCUT2D eigenvalue weighted by Gasteiger charge is -2.09. The predicted molar refractivity (Wildman–Crippen MR) is 81.4 cm³/mol. The van der Waals surface area contributed by atoms with E-state index in [4.69, 9.17) is 9.84 Å². The van der Waals surface area contributed by atoms with Crippen LogP contribution in [0.25, 0.3) is 0 Å². The summed E-state index contributed by atoms with van der Waals surface area (Å²) < 4.78 is 9.65. The van der Waals surface area contributed by atoms with E-state index in [9.17, 15) is 24.5 Å². The van der Waals surface area contributed by atoms with Crippen molar-refractivity contribution in [1.82, 2.24) is 0 Å². The van der Waals surface area contributed by atoms with Crippen LogP contribution in [0.5, 0.6) is 5.75 Å². The molecule has 0 heterocycles. The van der Waals surface area contributed by atoms with Gasteiger partial charge in [0.15, 0.2) is 6.61 Å². The Hall–Kier alpha value is -3.17. The minimum atomic E-state index is -1.30. The first-order chi connectivity index (χ1) is 11.9. The molecule has 0 bridgehead atoms.